The minimum atomic E-state index is -3.47. The molecule has 0 saturated carbocycles. The van der Waals surface area contributed by atoms with E-state index in [2.05, 4.69) is 23.9 Å². The number of carbonyl (C=O) groups is 1. The second-order valence-electron chi connectivity index (χ2n) is 6.38. The summed E-state index contributed by atoms with van der Waals surface area (Å²) < 4.78 is 26.1. The maximum absolute atomic E-state index is 12.0. The van der Waals surface area contributed by atoms with Crippen LogP contribution in [0.2, 0.25) is 0 Å². The maximum Gasteiger partial charge on any atom is 0.251 e. The van der Waals surface area contributed by atoms with Crippen LogP contribution in [0.5, 0.6) is 0 Å². The Morgan fingerprint density at radius 3 is 2.25 bits per heavy atom. The highest BCUT2D eigenvalue weighted by molar-refractivity contribution is 7.89. The van der Waals surface area contributed by atoms with Gasteiger partial charge in [-0.1, -0.05) is 46.5 Å². The second-order valence-corrected chi connectivity index (χ2v) is 8.15. The highest BCUT2D eigenvalue weighted by Crippen LogP contribution is 2.11. The van der Waals surface area contributed by atoms with E-state index in [4.69, 9.17) is 0 Å². The first-order chi connectivity index (χ1) is 11.4. The molecule has 6 heteroatoms. The van der Waals surface area contributed by atoms with Gasteiger partial charge in [0.1, 0.15) is 0 Å². The Bertz CT molecular complexity index is 595. The molecule has 0 aliphatic carbocycles. The molecule has 24 heavy (non-hydrogen) atoms. The molecule has 0 aliphatic heterocycles. The molecule has 0 spiro atoms. The average molecular weight is 355 g/mol. The number of hydrogen-bond donors (Lipinski definition) is 2. The lowest BCUT2D eigenvalue weighted by Crippen LogP contribution is -2.25. The van der Waals surface area contributed by atoms with Crippen molar-refractivity contribution in [2.24, 2.45) is 5.92 Å². The van der Waals surface area contributed by atoms with Gasteiger partial charge in [0.25, 0.3) is 5.91 Å². The molecule has 2 N–H and O–H groups in total. The Kier molecular flexibility index (Phi) is 9.00. The summed E-state index contributed by atoms with van der Waals surface area (Å²) in [5.74, 6) is 0.591. The van der Waals surface area contributed by atoms with E-state index >= 15 is 0 Å². The summed E-state index contributed by atoms with van der Waals surface area (Å²) in [7, 11) is -3.47. The first-order valence-corrected chi connectivity index (χ1v) is 10.2. The molecule has 136 valence electrons. The molecule has 0 saturated heterocycles. The lowest BCUT2D eigenvalue weighted by Gasteiger charge is -2.08. The third kappa shape index (κ3) is 7.45. The summed E-state index contributed by atoms with van der Waals surface area (Å²) in [6.07, 6.45) is 5.79. The summed E-state index contributed by atoms with van der Waals surface area (Å²) in [5.41, 5.74) is 0.477. The van der Waals surface area contributed by atoms with E-state index in [-0.39, 0.29) is 10.8 Å². The predicted molar refractivity (Wildman–Crippen MR) is 97.6 cm³/mol. The fourth-order valence-corrected chi connectivity index (χ4v) is 3.44. The normalized spacial score (nSPS) is 11.7. The topological polar surface area (TPSA) is 75.3 Å². The van der Waals surface area contributed by atoms with E-state index in [9.17, 15) is 13.2 Å². The highest BCUT2D eigenvalue weighted by atomic mass is 32.2. The van der Waals surface area contributed by atoms with Crippen LogP contribution in [-0.2, 0) is 10.0 Å². The number of sulfonamides is 1. The predicted octanol–water partition coefficient (Wildman–Crippen LogP) is 3.32. The van der Waals surface area contributed by atoms with Gasteiger partial charge in [-0.05, 0) is 36.6 Å². The van der Waals surface area contributed by atoms with E-state index in [1.54, 1.807) is 19.1 Å². The summed E-state index contributed by atoms with van der Waals surface area (Å²) in [5, 5.41) is 2.88. The minimum absolute atomic E-state index is 0.162. The zero-order chi connectivity index (χ0) is 18.0. The van der Waals surface area contributed by atoms with E-state index in [0.29, 0.717) is 18.7 Å². The Morgan fingerprint density at radius 1 is 1.04 bits per heavy atom. The van der Waals surface area contributed by atoms with Crippen molar-refractivity contribution in [2.45, 2.75) is 57.8 Å². The van der Waals surface area contributed by atoms with Gasteiger partial charge in [-0.3, -0.25) is 4.79 Å². The van der Waals surface area contributed by atoms with E-state index in [1.165, 1.54) is 31.4 Å². The molecule has 1 rings (SSSR count). The van der Waals surface area contributed by atoms with Gasteiger partial charge in [-0.25, -0.2) is 13.1 Å². The smallest absolute Gasteiger partial charge is 0.251 e. The Labute approximate surface area is 146 Å². The Hall–Kier alpha value is -1.40. The number of unbranched alkanes of at least 4 members (excludes halogenated alkanes) is 3. The van der Waals surface area contributed by atoms with Gasteiger partial charge < -0.3 is 5.32 Å². The molecule has 5 nitrogen and oxygen atoms in total. The minimum Gasteiger partial charge on any atom is -0.352 e. The molecule has 1 aromatic rings. The van der Waals surface area contributed by atoms with Crippen molar-refractivity contribution in [3.8, 4) is 0 Å². The van der Waals surface area contributed by atoms with Gasteiger partial charge in [-0.2, -0.15) is 0 Å². The lowest BCUT2D eigenvalue weighted by molar-refractivity contribution is 0.0953. The van der Waals surface area contributed by atoms with Crippen molar-refractivity contribution in [3.05, 3.63) is 29.8 Å². The molecule has 1 aromatic carbocycles. The highest BCUT2D eigenvalue weighted by Gasteiger charge is 2.13. The fraction of sp³-hybridized carbons (Fsp3) is 0.611. The largest absolute Gasteiger partial charge is 0.352 e. The van der Waals surface area contributed by atoms with Crippen LogP contribution in [-0.4, -0.2) is 27.4 Å². The molecule has 0 heterocycles. The van der Waals surface area contributed by atoms with Gasteiger partial charge >= 0.3 is 0 Å². The molecular weight excluding hydrogens is 324 g/mol. The number of amides is 1. The van der Waals surface area contributed by atoms with Crippen molar-refractivity contribution >= 4 is 15.9 Å². The summed E-state index contributed by atoms with van der Waals surface area (Å²) in [6, 6.07) is 6.00. The lowest BCUT2D eigenvalue weighted by atomic mass is 10.0. The zero-order valence-electron chi connectivity index (χ0n) is 15.0. The molecular formula is C18H30N2O3S. The quantitative estimate of drug-likeness (QED) is 0.599. The van der Waals surface area contributed by atoms with E-state index < -0.39 is 10.0 Å². The number of benzene rings is 1. The maximum atomic E-state index is 12.0. The van der Waals surface area contributed by atoms with E-state index in [1.807, 2.05) is 0 Å². The monoisotopic (exact) mass is 354 g/mol. The van der Waals surface area contributed by atoms with Crippen LogP contribution in [0.25, 0.3) is 0 Å². The van der Waals surface area contributed by atoms with Crippen molar-refractivity contribution in [3.63, 3.8) is 0 Å². The fourth-order valence-electron chi connectivity index (χ4n) is 2.39. The summed E-state index contributed by atoms with van der Waals surface area (Å²) in [4.78, 5) is 12.2. The summed E-state index contributed by atoms with van der Waals surface area (Å²) >= 11 is 0. The Morgan fingerprint density at radius 2 is 1.67 bits per heavy atom. The first kappa shape index (κ1) is 20.6. The third-order valence-electron chi connectivity index (χ3n) is 3.75. The average Bonchev–Trinajstić information content (AvgIpc) is 2.53. The number of rotatable bonds is 11. The molecule has 0 aliphatic rings. The Balaban J connectivity index is 2.36. The van der Waals surface area contributed by atoms with Crippen molar-refractivity contribution in [1.29, 1.82) is 0 Å². The van der Waals surface area contributed by atoms with Gasteiger partial charge in [0.05, 0.1) is 4.90 Å². The van der Waals surface area contributed by atoms with Crippen LogP contribution in [0.1, 0.15) is 63.2 Å². The van der Waals surface area contributed by atoms with Crippen LogP contribution in [0.3, 0.4) is 0 Å². The third-order valence-corrected chi connectivity index (χ3v) is 5.32. The molecule has 0 aromatic heterocycles. The van der Waals surface area contributed by atoms with Crippen molar-refractivity contribution in [1.82, 2.24) is 10.0 Å². The second kappa shape index (κ2) is 10.5. The number of carbonyl (C=O) groups excluding carboxylic acids is 1. The first-order valence-electron chi connectivity index (χ1n) is 8.74. The van der Waals surface area contributed by atoms with Gasteiger partial charge in [0.15, 0.2) is 0 Å². The molecule has 0 bridgehead atoms. The zero-order valence-corrected chi connectivity index (χ0v) is 15.8. The van der Waals surface area contributed by atoms with Crippen LogP contribution in [0.15, 0.2) is 29.2 Å². The van der Waals surface area contributed by atoms with Crippen molar-refractivity contribution < 1.29 is 13.2 Å². The van der Waals surface area contributed by atoms with Gasteiger partial charge in [0.2, 0.25) is 10.0 Å². The summed E-state index contributed by atoms with van der Waals surface area (Å²) in [6.45, 7) is 7.17. The van der Waals surface area contributed by atoms with Gasteiger partial charge in [0, 0.05) is 18.7 Å². The van der Waals surface area contributed by atoms with Crippen LogP contribution in [0, 0.1) is 5.92 Å². The standard InChI is InChI=1S/C18H30N2O3S/c1-4-20-24(22,23)17-12-10-16(11-13-17)18(21)19-14-8-6-5-7-9-15(2)3/h10-13,15,20H,4-9,14H2,1-3H3,(H,19,21). The molecule has 1 amide bonds. The van der Waals surface area contributed by atoms with Crippen LogP contribution in [0.4, 0.5) is 0 Å². The molecule has 0 fully saturated rings. The SMILES string of the molecule is CCNS(=O)(=O)c1ccc(C(=O)NCCCCCCC(C)C)cc1. The van der Waals surface area contributed by atoms with Crippen LogP contribution >= 0.6 is 0 Å². The van der Waals surface area contributed by atoms with Crippen LogP contribution < -0.4 is 10.0 Å². The molecule has 0 radical (unpaired) electrons. The van der Waals surface area contributed by atoms with Crippen molar-refractivity contribution in [2.75, 3.05) is 13.1 Å². The molecule has 0 atom stereocenters. The van der Waals surface area contributed by atoms with E-state index in [0.717, 1.165) is 18.8 Å². The number of nitrogens with one attached hydrogen (secondary N) is 2. The molecule has 0 unspecified atom stereocenters. The van der Waals surface area contributed by atoms with Gasteiger partial charge in [-0.15, -0.1) is 0 Å². The number of hydrogen-bond acceptors (Lipinski definition) is 3.